The molecule has 3 saturated carbocycles. The maximum absolute atomic E-state index is 11.2. The fraction of sp³-hybridized carbons (Fsp3) is 0.900. The lowest BCUT2D eigenvalue weighted by atomic mass is 9.44. The zero-order chi connectivity index (χ0) is 16.3. The van der Waals surface area contributed by atoms with Gasteiger partial charge in [-0.25, -0.2) is 0 Å². The minimum atomic E-state index is -0.351. The Morgan fingerprint density at radius 3 is 2.27 bits per heavy atom. The number of allylic oxidation sites excluding steroid dienone is 1. The molecule has 0 heterocycles. The third-order valence-electron chi connectivity index (χ3n) is 8.31. The summed E-state index contributed by atoms with van der Waals surface area (Å²) in [5.74, 6) is 1.30. The van der Waals surface area contributed by atoms with Gasteiger partial charge in [-0.3, -0.25) is 0 Å². The Bertz CT molecular complexity index is 461. The molecule has 3 aliphatic rings. The number of rotatable bonds is 1. The van der Waals surface area contributed by atoms with Gasteiger partial charge in [-0.2, -0.15) is 0 Å². The normalized spacial score (nSPS) is 58.5. The van der Waals surface area contributed by atoms with Crippen molar-refractivity contribution in [3.63, 3.8) is 0 Å². The molecule has 0 radical (unpaired) electrons. The molecule has 3 fully saturated rings. The van der Waals surface area contributed by atoms with Crippen LogP contribution >= 0.6 is 0 Å². The Morgan fingerprint density at radius 1 is 1.00 bits per heavy atom. The fourth-order valence-corrected chi connectivity index (χ4v) is 6.69. The van der Waals surface area contributed by atoms with Crippen molar-refractivity contribution in [2.45, 2.75) is 78.4 Å². The van der Waals surface area contributed by atoms with Gasteiger partial charge in [0.2, 0.25) is 0 Å². The van der Waals surface area contributed by atoms with Gasteiger partial charge in [-0.1, -0.05) is 33.8 Å². The maximum atomic E-state index is 11.2. The van der Waals surface area contributed by atoms with Crippen LogP contribution < -0.4 is 0 Å². The first kappa shape index (κ1) is 16.5. The van der Waals surface area contributed by atoms with Crippen LogP contribution in [0.2, 0.25) is 0 Å². The van der Waals surface area contributed by atoms with Crippen LogP contribution in [-0.4, -0.2) is 22.4 Å². The molecule has 126 valence electrons. The van der Waals surface area contributed by atoms with Crippen molar-refractivity contribution in [1.29, 1.82) is 0 Å². The van der Waals surface area contributed by atoms with E-state index in [4.69, 9.17) is 0 Å². The molecule has 3 rings (SSSR count). The summed E-state index contributed by atoms with van der Waals surface area (Å²) in [5, 5.41) is 22.0. The first-order valence-corrected chi connectivity index (χ1v) is 9.19. The maximum Gasteiger partial charge on any atom is 0.0608 e. The minimum absolute atomic E-state index is 0.00264. The number of hydrogen-bond donors (Lipinski definition) is 2. The molecule has 2 N–H and O–H groups in total. The van der Waals surface area contributed by atoms with Crippen molar-refractivity contribution in [3.05, 3.63) is 12.7 Å². The van der Waals surface area contributed by atoms with E-state index >= 15 is 0 Å². The van der Waals surface area contributed by atoms with Gasteiger partial charge in [-0.15, -0.1) is 6.58 Å². The molecule has 0 aromatic heterocycles. The molecule has 3 aliphatic carbocycles. The lowest BCUT2D eigenvalue weighted by Gasteiger charge is -2.61. The van der Waals surface area contributed by atoms with E-state index in [-0.39, 0.29) is 34.4 Å². The van der Waals surface area contributed by atoms with Crippen LogP contribution in [0.15, 0.2) is 12.7 Å². The van der Waals surface area contributed by atoms with Crippen LogP contribution in [0, 0.1) is 34.0 Å². The highest BCUT2D eigenvalue weighted by Crippen LogP contribution is 2.68. The Kier molecular flexibility index (Phi) is 3.81. The molecule has 0 spiro atoms. The van der Waals surface area contributed by atoms with Gasteiger partial charge < -0.3 is 10.2 Å². The van der Waals surface area contributed by atoms with Gasteiger partial charge >= 0.3 is 0 Å². The van der Waals surface area contributed by atoms with Crippen molar-refractivity contribution in [2.24, 2.45) is 34.0 Å². The molecule has 0 amide bonds. The van der Waals surface area contributed by atoms with E-state index in [0.717, 1.165) is 25.7 Å². The van der Waals surface area contributed by atoms with E-state index in [2.05, 4.69) is 40.3 Å². The molecule has 1 unspecified atom stereocenters. The van der Waals surface area contributed by atoms with Gasteiger partial charge in [0.05, 0.1) is 12.2 Å². The topological polar surface area (TPSA) is 40.5 Å². The van der Waals surface area contributed by atoms with E-state index in [1.54, 1.807) is 0 Å². The highest BCUT2D eigenvalue weighted by molar-refractivity contribution is 5.15. The first-order chi connectivity index (χ1) is 10.2. The fourth-order valence-electron chi connectivity index (χ4n) is 6.69. The number of hydrogen-bond acceptors (Lipinski definition) is 2. The summed E-state index contributed by atoms with van der Waals surface area (Å²) >= 11 is 0. The van der Waals surface area contributed by atoms with E-state index in [1.807, 2.05) is 0 Å². The highest BCUT2D eigenvalue weighted by atomic mass is 16.3. The minimum Gasteiger partial charge on any atom is -0.393 e. The average molecular weight is 306 g/mol. The summed E-state index contributed by atoms with van der Waals surface area (Å²) in [6.07, 6.45) is 7.78. The lowest BCUT2D eigenvalue weighted by molar-refractivity contribution is -0.181. The monoisotopic (exact) mass is 306 g/mol. The highest BCUT2D eigenvalue weighted by Gasteiger charge is 2.65. The number of aliphatic hydroxyl groups excluding tert-OH is 2. The first-order valence-electron chi connectivity index (χ1n) is 9.19. The quantitative estimate of drug-likeness (QED) is 0.714. The molecule has 2 bridgehead atoms. The van der Waals surface area contributed by atoms with E-state index in [0.29, 0.717) is 11.8 Å². The molecule has 0 aromatic carbocycles. The lowest BCUT2D eigenvalue weighted by Crippen LogP contribution is -2.59. The Hall–Kier alpha value is -0.340. The second kappa shape index (κ2) is 5.08. The van der Waals surface area contributed by atoms with E-state index in [1.165, 1.54) is 12.8 Å². The van der Waals surface area contributed by atoms with Gasteiger partial charge in [0.1, 0.15) is 0 Å². The van der Waals surface area contributed by atoms with Crippen molar-refractivity contribution in [3.8, 4) is 0 Å². The predicted octanol–water partition coefficient (Wildman–Crippen LogP) is 4.16. The van der Waals surface area contributed by atoms with Crippen LogP contribution in [0.25, 0.3) is 0 Å². The molecule has 0 aromatic rings. The summed E-state index contributed by atoms with van der Waals surface area (Å²) in [6.45, 7) is 13.3. The van der Waals surface area contributed by atoms with Crippen molar-refractivity contribution >= 4 is 0 Å². The van der Waals surface area contributed by atoms with E-state index in [9.17, 15) is 10.2 Å². The SMILES string of the molecule is C=C[C@]1(C)C[C@@H](O)[C@@]2(C)C3[C@H](O)CC[C@@]3(CC[C@H]2C)[C@@H](C)C1. The van der Waals surface area contributed by atoms with Crippen LogP contribution in [0.4, 0.5) is 0 Å². The zero-order valence-electron chi connectivity index (χ0n) is 14.8. The smallest absolute Gasteiger partial charge is 0.0608 e. The predicted molar refractivity (Wildman–Crippen MR) is 90.4 cm³/mol. The molecular formula is C20H34O2. The van der Waals surface area contributed by atoms with Crippen LogP contribution in [0.5, 0.6) is 0 Å². The summed E-state index contributed by atoms with van der Waals surface area (Å²) < 4.78 is 0. The van der Waals surface area contributed by atoms with Gasteiger partial charge in [0.15, 0.2) is 0 Å². The zero-order valence-corrected chi connectivity index (χ0v) is 14.8. The van der Waals surface area contributed by atoms with E-state index < -0.39 is 0 Å². The van der Waals surface area contributed by atoms with Crippen molar-refractivity contribution in [2.75, 3.05) is 0 Å². The summed E-state index contributed by atoms with van der Waals surface area (Å²) in [6, 6.07) is 0. The molecule has 2 nitrogen and oxygen atoms in total. The van der Waals surface area contributed by atoms with Gasteiger partial charge in [0, 0.05) is 5.41 Å². The summed E-state index contributed by atoms with van der Waals surface area (Å²) in [5.41, 5.74) is 0.0438. The van der Waals surface area contributed by atoms with Crippen LogP contribution in [0.3, 0.4) is 0 Å². The average Bonchev–Trinajstić information content (AvgIpc) is 2.81. The molecule has 0 aliphatic heterocycles. The Balaban J connectivity index is 2.14. The molecule has 0 saturated heterocycles. The summed E-state index contributed by atoms with van der Waals surface area (Å²) in [7, 11) is 0. The van der Waals surface area contributed by atoms with Gasteiger partial charge in [0.25, 0.3) is 0 Å². The van der Waals surface area contributed by atoms with Crippen molar-refractivity contribution < 1.29 is 10.2 Å². The van der Waals surface area contributed by atoms with Crippen molar-refractivity contribution in [1.82, 2.24) is 0 Å². The Labute approximate surface area is 136 Å². The second-order valence-corrected chi connectivity index (χ2v) is 9.31. The summed E-state index contributed by atoms with van der Waals surface area (Å²) in [4.78, 5) is 0. The number of aliphatic hydroxyl groups is 2. The molecule has 2 heteroatoms. The standard InChI is InChI=1S/C20H34O2/c1-6-18(4)11-14(3)20-9-7-13(2)19(5,16(22)12-18)17(20)15(21)8-10-20/h6,13-17,21-22H,1,7-12H2,2-5H3/t13-,14+,15-,16-,17?,18+,19+,20+/m1/s1. The largest absolute Gasteiger partial charge is 0.393 e. The van der Waals surface area contributed by atoms with Crippen LogP contribution in [-0.2, 0) is 0 Å². The Morgan fingerprint density at radius 2 is 1.64 bits per heavy atom. The van der Waals surface area contributed by atoms with Gasteiger partial charge in [-0.05, 0) is 67.1 Å². The molecule has 8 atom stereocenters. The molecular weight excluding hydrogens is 272 g/mol. The second-order valence-electron chi connectivity index (χ2n) is 9.31. The third-order valence-corrected chi connectivity index (χ3v) is 8.31. The third kappa shape index (κ3) is 1.99. The van der Waals surface area contributed by atoms with Crippen LogP contribution in [0.1, 0.15) is 66.2 Å². The molecule has 22 heavy (non-hydrogen) atoms.